The number of hydrogen-bond acceptors (Lipinski definition) is 3. The third-order valence-electron chi connectivity index (χ3n) is 12.0. The highest BCUT2D eigenvalue weighted by Crippen LogP contribution is 2.71. The van der Waals surface area contributed by atoms with Gasteiger partial charge in [-0.05, 0) is 104 Å². The molecule has 0 bridgehead atoms. The van der Waals surface area contributed by atoms with E-state index in [-0.39, 0.29) is 5.79 Å². The highest BCUT2D eigenvalue weighted by molar-refractivity contribution is 5.15. The molecule has 0 aromatic heterocycles. The van der Waals surface area contributed by atoms with Crippen molar-refractivity contribution in [1.29, 1.82) is 0 Å². The average Bonchev–Trinajstić information content (AvgIpc) is 3.16. The first kappa shape index (κ1) is 20.5. The van der Waals surface area contributed by atoms with Crippen molar-refractivity contribution in [1.82, 2.24) is 0 Å². The van der Waals surface area contributed by atoms with E-state index in [2.05, 4.69) is 27.7 Å². The normalized spacial score (nSPS) is 62.5. The molecule has 0 aromatic carbocycles. The topological polar surface area (TPSA) is 44.5 Å². The molecule has 2 aliphatic heterocycles. The number of rotatable bonds is 0. The van der Waals surface area contributed by atoms with E-state index in [1.165, 1.54) is 57.8 Å². The van der Waals surface area contributed by atoms with Gasteiger partial charge in [-0.15, -0.1) is 0 Å². The Balaban J connectivity index is 1.26. The van der Waals surface area contributed by atoms with Gasteiger partial charge < -0.3 is 15.2 Å². The predicted molar refractivity (Wildman–Crippen MR) is 120 cm³/mol. The second-order valence-corrected chi connectivity index (χ2v) is 13.2. The maximum Gasteiger partial charge on any atom is 0.171 e. The summed E-state index contributed by atoms with van der Waals surface area (Å²) < 4.78 is 13.4. The summed E-state index contributed by atoms with van der Waals surface area (Å²) in [6.07, 6.45) is 13.7. The highest BCUT2D eigenvalue weighted by atomic mass is 16.7. The summed E-state index contributed by atoms with van der Waals surface area (Å²) in [7, 11) is 0. The van der Waals surface area contributed by atoms with Gasteiger partial charge in [-0.25, -0.2) is 0 Å². The number of fused-ring (bicyclic) bond motifs is 7. The zero-order valence-electron chi connectivity index (χ0n) is 19.9. The van der Waals surface area contributed by atoms with Crippen LogP contribution in [0.15, 0.2) is 0 Å². The van der Waals surface area contributed by atoms with Gasteiger partial charge in [-0.3, -0.25) is 0 Å². The molecule has 170 valence electrons. The van der Waals surface area contributed by atoms with E-state index in [4.69, 9.17) is 15.2 Å². The Bertz CT molecular complexity index is 686. The summed E-state index contributed by atoms with van der Waals surface area (Å²) in [5.74, 6) is 5.25. The summed E-state index contributed by atoms with van der Waals surface area (Å²) in [6.45, 7) is 11.0. The first-order chi connectivity index (χ1) is 14.3. The summed E-state index contributed by atoms with van der Waals surface area (Å²) in [5.41, 5.74) is 7.40. The van der Waals surface area contributed by atoms with E-state index in [9.17, 15) is 0 Å². The molecule has 3 nitrogen and oxygen atoms in total. The minimum absolute atomic E-state index is 0.268. The second-order valence-electron chi connectivity index (χ2n) is 13.2. The Labute approximate surface area is 184 Å². The molecular formula is C27H45NO2. The SMILES string of the molecule is C[C@@H]1CC[C@@]2(OC1)O[C@H]1CC3C4CCC5C[C@@H](N)CC[C@]5(C)C4CC[C@]3(C)[C@H]1[C@@H]2C. The van der Waals surface area contributed by atoms with E-state index in [0.717, 1.165) is 36.7 Å². The standard InChI is InChI=1S/C27H45NO2/c1-16-7-12-27(29-15-16)17(2)24-23(30-27)14-22-20-6-5-18-13-19(28)8-10-25(18,3)21(20)9-11-26(22,24)4/h16-24H,5-15,28H2,1-4H3/t16-,17+,18?,19+,20?,21?,22?,23+,24+,25+,26+,27-/m1/s1. The lowest BCUT2D eigenvalue weighted by Crippen LogP contribution is -2.55. The molecule has 30 heavy (non-hydrogen) atoms. The molecule has 2 saturated heterocycles. The fraction of sp³-hybridized carbons (Fsp3) is 1.00. The Kier molecular flexibility index (Phi) is 4.58. The molecule has 12 atom stereocenters. The highest BCUT2D eigenvalue weighted by Gasteiger charge is 2.69. The number of ether oxygens (including phenoxy) is 2. The van der Waals surface area contributed by atoms with Gasteiger partial charge in [0.15, 0.2) is 5.79 Å². The summed E-state index contributed by atoms with van der Waals surface area (Å²) in [4.78, 5) is 0. The van der Waals surface area contributed by atoms with E-state index in [0.29, 0.717) is 40.7 Å². The molecule has 0 aromatic rings. The lowest BCUT2D eigenvalue weighted by Gasteiger charge is -2.61. The molecule has 4 unspecified atom stereocenters. The van der Waals surface area contributed by atoms with Crippen molar-refractivity contribution in [3.05, 3.63) is 0 Å². The largest absolute Gasteiger partial charge is 0.349 e. The monoisotopic (exact) mass is 415 g/mol. The second kappa shape index (κ2) is 6.70. The predicted octanol–water partition coefficient (Wildman–Crippen LogP) is 5.76. The average molecular weight is 416 g/mol. The summed E-state index contributed by atoms with van der Waals surface area (Å²) in [5, 5.41) is 0. The molecule has 2 heterocycles. The van der Waals surface area contributed by atoms with E-state index in [1.807, 2.05) is 0 Å². The van der Waals surface area contributed by atoms with Gasteiger partial charge in [0.05, 0.1) is 12.7 Å². The molecular weight excluding hydrogens is 370 g/mol. The van der Waals surface area contributed by atoms with Gasteiger partial charge in [0.1, 0.15) is 0 Å². The van der Waals surface area contributed by atoms with Gasteiger partial charge in [0.25, 0.3) is 0 Å². The molecule has 6 rings (SSSR count). The quantitative estimate of drug-likeness (QED) is 0.547. The summed E-state index contributed by atoms with van der Waals surface area (Å²) in [6, 6.07) is 0.461. The van der Waals surface area contributed by atoms with Crippen molar-refractivity contribution in [2.75, 3.05) is 6.61 Å². The van der Waals surface area contributed by atoms with Crippen molar-refractivity contribution in [3.63, 3.8) is 0 Å². The van der Waals surface area contributed by atoms with Crippen LogP contribution in [0, 0.1) is 52.3 Å². The third-order valence-corrected chi connectivity index (χ3v) is 12.0. The molecule has 0 radical (unpaired) electrons. The molecule has 6 aliphatic rings. The van der Waals surface area contributed by atoms with Crippen LogP contribution >= 0.6 is 0 Å². The van der Waals surface area contributed by atoms with Crippen LogP contribution < -0.4 is 5.73 Å². The van der Waals surface area contributed by atoms with Crippen molar-refractivity contribution in [2.24, 2.45) is 58.0 Å². The fourth-order valence-corrected chi connectivity index (χ4v) is 10.3. The molecule has 2 N–H and O–H groups in total. The minimum Gasteiger partial charge on any atom is -0.349 e. The van der Waals surface area contributed by atoms with Crippen LogP contribution in [0.4, 0.5) is 0 Å². The van der Waals surface area contributed by atoms with Crippen LogP contribution in [0.3, 0.4) is 0 Å². The minimum atomic E-state index is -0.268. The van der Waals surface area contributed by atoms with Crippen molar-refractivity contribution in [2.45, 2.75) is 110 Å². The van der Waals surface area contributed by atoms with Crippen LogP contribution in [0.25, 0.3) is 0 Å². The molecule has 6 fully saturated rings. The van der Waals surface area contributed by atoms with E-state index in [1.54, 1.807) is 0 Å². The van der Waals surface area contributed by atoms with Crippen LogP contribution in [0.5, 0.6) is 0 Å². The summed E-state index contributed by atoms with van der Waals surface area (Å²) >= 11 is 0. The fourth-order valence-electron chi connectivity index (χ4n) is 10.3. The van der Waals surface area contributed by atoms with Gasteiger partial charge >= 0.3 is 0 Å². The Morgan fingerprint density at radius 1 is 0.833 bits per heavy atom. The first-order valence-electron chi connectivity index (χ1n) is 13.3. The van der Waals surface area contributed by atoms with Crippen molar-refractivity contribution >= 4 is 0 Å². The number of nitrogens with two attached hydrogens (primary N) is 1. The molecule has 4 aliphatic carbocycles. The van der Waals surface area contributed by atoms with E-state index >= 15 is 0 Å². The van der Waals surface area contributed by atoms with Gasteiger partial charge in [0.2, 0.25) is 0 Å². The maximum atomic E-state index is 6.92. The lowest BCUT2D eigenvalue weighted by molar-refractivity contribution is -0.273. The van der Waals surface area contributed by atoms with Crippen molar-refractivity contribution < 1.29 is 9.47 Å². The third kappa shape index (κ3) is 2.61. The maximum absolute atomic E-state index is 6.92. The Morgan fingerprint density at radius 2 is 1.63 bits per heavy atom. The first-order valence-corrected chi connectivity index (χ1v) is 13.3. The van der Waals surface area contributed by atoms with Crippen molar-refractivity contribution in [3.8, 4) is 0 Å². The van der Waals surface area contributed by atoms with Crippen LogP contribution in [-0.4, -0.2) is 24.5 Å². The van der Waals surface area contributed by atoms with Crippen LogP contribution in [0.2, 0.25) is 0 Å². The van der Waals surface area contributed by atoms with Gasteiger partial charge in [-0.1, -0.05) is 27.7 Å². The molecule has 1 spiro atoms. The zero-order chi connectivity index (χ0) is 20.9. The molecule has 3 heteroatoms. The Hall–Kier alpha value is -0.120. The van der Waals surface area contributed by atoms with Crippen LogP contribution in [0.1, 0.15) is 91.9 Å². The zero-order valence-corrected chi connectivity index (χ0v) is 19.9. The van der Waals surface area contributed by atoms with Gasteiger partial charge in [0, 0.05) is 18.4 Å². The molecule has 4 saturated carbocycles. The molecule has 0 amide bonds. The lowest BCUT2D eigenvalue weighted by atomic mass is 9.44. The Morgan fingerprint density at radius 3 is 2.40 bits per heavy atom. The van der Waals surface area contributed by atoms with E-state index < -0.39 is 0 Å². The van der Waals surface area contributed by atoms with Crippen LogP contribution in [-0.2, 0) is 9.47 Å². The number of hydrogen-bond donors (Lipinski definition) is 1. The smallest absolute Gasteiger partial charge is 0.171 e. The van der Waals surface area contributed by atoms with Gasteiger partial charge in [-0.2, -0.15) is 0 Å².